The van der Waals surface area contributed by atoms with E-state index in [2.05, 4.69) is 122 Å². The van der Waals surface area contributed by atoms with E-state index in [0.717, 1.165) is 32.1 Å². The molecule has 0 saturated carbocycles. The second kappa shape index (κ2) is 12.2. The summed E-state index contributed by atoms with van der Waals surface area (Å²) < 4.78 is 0. The van der Waals surface area contributed by atoms with Gasteiger partial charge in [-0.05, 0) is 98.4 Å². The van der Waals surface area contributed by atoms with Crippen LogP contribution < -0.4 is 5.32 Å². The topological polar surface area (TPSA) is 12.0 Å². The summed E-state index contributed by atoms with van der Waals surface area (Å²) in [6.45, 7) is 4.16. The fourth-order valence-electron chi connectivity index (χ4n) is 4.91. The molecule has 0 bridgehead atoms. The molecule has 2 aromatic carbocycles. The predicted molar refractivity (Wildman–Crippen MR) is 149 cm³/mol. The Morgan fingerprint density at radius 1 is 0.941 bits per heavy atom. The second-order valence-electron chi connectivity index (χ2n) is 9.16. The highest BCUT2D eigenvalue weighted by Crippen LogP contribution is 2.38. The van der Waals surface area contributed by atoms with E-state index in [-0.39, 0.29) is 0 Å². The molecule has 0 aromatic heterocycles. The number of benzene rings is 2. The van der Waals surface area contributed by atoms with Gasteiger partial charge in [0, 0.05) is 17.3 Å². The molecular weight excluding hydrogens is 410 g/mol. The zero-order valence-corrected chi connectivity index (χ0v) is 20.6. The van der Waals surface area contributed by atoms with Gasteiger partial charge in [0.1, 0.15) is 0 Å². The Kier molecular flexibility index (Phi) is 8.57. The lowest BCUT2D eigenvalue weighted by Gasteiger charge is -2.29. The summed E-state index contributed by atoms with van der Waals surface area (Å²) in [7, 11) is 0. The summed E-state index contributed by atoms with van der Waals surface area (Å²) in [6.07, 6.45) is 26.8. The van der Waals surface area contributed by atoms with E-state index >= 15 is 0 Å². The van der Waals surface area contributed by atoms with E-state index in [0.29, 0.717) is 5.92 Å². The highest BCUT2D eigenvalue weighted by Gasteiger charge is 2.23. The minimum atomic E-state index is 0.529. The minimum absolute atomic E-state index is 0.529. The summed E-state index contributed by atoms with van der Waals surface area (Å²) >= 11 is 0. The summed E-state index contributed by atoms with van der Waals surface area (Å²) in [5, 5.41) is 3.85. The van der Waals surface area contributed by atoms with Gasteiger partial charge in [0.15, 0.2) is 0 Å². The zero-order valence-electron chi connectivity index (χ0n) is 20.6. The van der Waals surface area contributed by atoms with Crippen LogP contribution >= 0.6 is 0 Å². The Labute approximate surface area is 206 Å². The van der Waals surface area contributed by atoms with Crippen LogP contribution in [-0.2, 0) is 6.42 Å². The maximum atomic E-state index is 3.85. The van der Waals surface area contributed by atoms with Gasteiger partial charge in [0.05, 0.1) is 0 Å². The molecule has 0 aliphatic heterocycles. The third-order valence-corrected chi connectivity index (χ3v) is 6.73. The van der Waals surface area contributed by atoms with Gasteiger partial charge >= 0.3 is 0 Å². The second-order valence-corrected chi connectivity index (χ2v) is 9.16. The first-order valence-corrected chi connectivity index (χ1v) is 12.7. The Bertz CT molecular complexity index is 1140. The molecule has 1 unspecified atom stereocenters. The van der Waals surface area contributed by atoms with Gasteiger partial charge in [0.2, 0.25) is 0 Å². The van der Waals surface area contributed by atoms with Crippen molar-refractivity contribution in [2.24, 2.45) is 5.92 Å². The van der Waals surface area contributed by atoms with Gasteiger partial charge in [0.25, 0.3) is 0 Å². The molecule has 0 heterocycles. The summed E-state index contributed by atoms with van der Waals surface area (Å²) in [5.74, 6) is 0.529. The Morgan fingerprint density at radius 2 is 1.82 bits per heavy atom. The monoisotopic (exact) mass is 447 g/mol. The Morgan fingerprint density at radius 3 is 2.65 bits per heavy atom. The predicted octanol–water partition coefficient (Wildman–Crippen LogP) is 9.35. The van der Waals surface area contributed by atoms with Crippen LogP contribution in [0.2, 0.25) is 0 Å². The average Bonchev–Trinajstić information content (AvgIpc) is 2.88. The van der Waals surface area contributed by atoms with Crippen LogP contribution in [0.5, 0.6) is 0 Å². The molecule has 1 N–H and O–H groups in total. The van der Waals surface area contributed by atoms with Crippen LogP contribution in [0.3, 0.4) is 0 Å². The first-order chi connectivity index (χ1) is 16.8. The van der Waals surface area contributed by atoms with Gasteiger partial charge in [-0.1, -0.05) is 85.0 Å². The first kappa shape index (κ1) is 23.8. The van der Waals surface area contributed by atoms with Gasteiger partial charge in [-0.2, -0.15) is 0 Å². The minimum Gasteiger partial charge on any atom is -0.359 e. The van der Waals surface area contributed by atoms with Crippen LogP contribution in [-0.4, -0.2) is 0 Å². The summed E-state index contributed by atoms with van der Waals surface area (Å²) in [6, 6.07) is 17.6. The van der Waals surface area contributed by atoms with Crippen LogP contribution in [0, 0.1) is 5.92 Å². The van der Waals surface area contributed by atoms with Crippen molar-refractivity contribution in [3.63, 3.8) is 0 Å². The highest BCUT2D eigenvalue weighted by molar-refractivity contribution is 5.73. The van der Waals surface area contributed by atoms with E-state index in [1.807, 2.05) is 0 Å². The first-order valence-electron chi connectivity index (χ1n) is 12.7. The van der Waals surface area contributed by atoms with Crippen molar-refractivity contribution < 1.29 is 0 Å². The molecule has 2 aromatic rings. The molecule has 0 radical (unpaired) electrons. The molecule has 0 saturated heterocycles. The van der Waals surface area contributed by atoms with E-state index in [4.69, 9.17) is 0 Å². The summed E-state index contributed by atoms with van der Waals surface area (Å²) in [4.78, 5) is 0. The molecule has 34 heavy (non-hydrogen) atoms. The van der Waals surface area contributed by atoms with Crippen molar-refractivity contribution in [2.75, 3.05) is 5.32 Å². The molecule has 1 heteroatoms. The fourth-order valence-corrected chi connectivity index (χ4v) is 4.91. The molecule has 0 fully saturated rings. The number of nitrogens with one attached hydrogen (secondary N) is 1. The number of hydrogen-bond donors (Lipinski definition) is 1. The SMILES string of the molecule is C/C=C\C=C/Cc1ccc(NC2=CC3=C(C=CCC3)CC2CC/C=C\C)cc1-c1ccccc1. The third-order valence-electron chi connectivity index (χ3n) is 6.73. The van der Waals surface area contributed by atoms with Crippen molar-refractivity contribution in [3.05, 3.63) is 126 Å². The van der Waals surface area contributed by atoms with Crippen molar-refractivity contribution in [1.29, 1.82) is 0 Å². The number of rotatable bonds is 9. The van der Waals surface area contributed by atoms with Crippen LogP contribution in [0.25, 0.3) is 11.1 Å². The lowest BCUT2D eigenvalue weighted by atomic mass is 9.81. The fraction of sp³-hybridized carbons (Fsp3) is 0.273. The van der Waals surface area contributed by atoms with Crippen LogP contribution in [0.1, 0.15) is 51.5 Å². The Hall–Kier alpha value is -3.32. The van der Waals surface area contributed by atoms with Crippen molar-refractivity contribution in [2.45, 2.75) is 52.4 Å². The van der Waals surface area contributed by atoms with Gasteiger partial charge in [-0.3, -0.25) is 0 Å². The molecule has 174 valence electrons. The van der Waals surface area contributed by atoms with Crippen molar-refractivity contribution in [3.8, 4) is 11.1 Å². The van der Waals surface area contributed by atoms with E-state index < -0.39 is 0 Å². The molecule has 1 nitrogen and oxygen atoms in total. The summed E-state index contributed by atoms with van der Waals surface area (Å²) in [5.41, 5.74) is 9.53. The maximum absolute atomic E-state index is 3.85. The molecule has 2 aliphatic rings. The molecule has 0 spiro atoms. The molecule has 0 amide bonds. The quantitative estimate of drug-likeness (QED) is 0.298. The van der Waals surface area contributed by atoms with E-state index in [1.54, 1.807) is 0 Å². The normalized spacial score (nSPS) is 18.2. The van der Waals surface area contributed by atoms with Crippen LogP contribution in [0.15, 0.2) is 120 Å². The van der Waals surface area contributed by atoms with Crippen molar-refractivity contribution in [1.82, 2.24) is 0 Å². The molecule has 2 aliphatic carbocycles. The number of hydrogen-bond acceptors (Lipinski definition) is 1. The third kappa shape index (κ3) is 6.17. The average molecular weight is 448 g/mol. The van der Waals surface area contributed by atoms with Gasteiger partial charge < -0.3 is 5.32 Å². The van der Waals surface area contributed by atoms with Gasteiger partial charge in [-0.25, -0.2) is 0 Å². The largest absolute Gasteiger partial charge is 0.359 e. The van der Waals surface area contributed by atoms with Crippen LogP contribution in [0.4, 0.5) is 5.69 Å². The number of allylic oxidation sites excluding steroid dienone is 12. The van der Waals surface area contributed by atoms with Crippen molar-refractivity contribution >= 4 is 5.69 Å². The smallest absolute Gasteiger partial charge is 0.0388 e. The lowest BCUT2D eigenvalue weighted by molar-refractivity contribution is 0.554. The molecule has 4 rings (SSSR count). The standard InChI is InChI=1S/C33H37N/c1-3-5-7-10-17-27-21-22-31(25-32(27)26-15-11-8-12-16-26)34-33-24-29-19-14-13-18-28(29)23-30(33)20-9-6-4-2/h3-8,10-13,15-16,18,21-22,24-25,30,34H,9,14,17,19-20,23H2,1-2H3/b5-3-,6-4-,10-7-. The number of anilines is 1. The zero-order chi connectivity index (χ0) is 23.6. The van der Waals surface area contributed by atoms with E-state index in [9.17, 15) is 0 Å². The highest BCUT2D eigenvalue weighted by atomic mass is 14.9. The van der Waals surface area contributed by atoms with Gasteiger partial charge in [-0.15, -0.1) is 0 Å². The molecule has 1 atom stereocenters. The maximum Gasteiger partial charge on any atom is 0.0388 e. The van der Waals surface area contributed by atoms with E-state index in [1.165, 1.54) is 45.6 Å². The lowest BCUT2D eigenvalue weighted by Crippen LogP contribution is -2.18. The molecular formula is C33H37N. The Balaban J connectivity index is 1.64.